The first kappa shape index (κ1) is 22.7. The molecule has 1 aliphatic rings. The smallest absolute Gasteiger partial charge is 0.338 e. The second-order valence-electron chi connectivity index (χ2n) is 6.61. The second-order valence-corrected chi connectivity index (χ2v) is 8.37. The predicted octanol–water partition coefficient (Wildman–Crippen LogP) is 0.619. The van der Waals surface area contributed by atoms with E-state index >= 15 is 0 Å². The summed E-state index contributed by atoms with van der Waals surface area (Å²) in [6.45, 7) is -0.793. The summed E-state index contributed by atoms with van der Waals surface area (Å²) in [4.78, 5) is 49.0. The molecular weight excluding hydrogens is 438 g/mol. The lowest BCUT2D eigenvalue weighted by Gasteiger charge is -2.08. The van der Waals surface area contributed by atoms with Crippen molar-refractivity contribution in [3.8, 4) is 12.3 Å². The van der Waals surface area contributed by atoms with Gasteiger partial charge in [0.2, 0.25) is 10.0 Å². The van der Waals surface area contributed by atoms with Crippen molar-refractivity contribution in [2.75, 3.05) is 25.5 Å². The van der Waals surface area contributed by atoms with Crippen LogP contribution < -0.4 is 10.0 Å². The largest absolute Gasteiger partial charge is 0.452 e. The summed E-state index contributed by atoms with van der Waals surface area (Å²) < 4.78 is 31.1. The molecule has 2 aromatic rings. The van der Waals surface area contributed by atoms with Crippen LogP contribution in [0.1, 0.15) is 31.1 Å². The molecule has 0 radical (unpaired) electrons. The number of nitrogens with one attached hydrogen (secondary N) is 2. The number of anilines is 1. The Morgan fingerprint density at radius 1 is 1.06 bits per heavy atom. The van der Waals surface area contributed by atoms with Gasteiger partial charge in [-0.3, -0.25) is 19.3 Å². The number of benzene rings is 2. The van der Waals surface area contributed by atoms with Crippen LogP contribution in [0.15, 0.2) is 47.4 Å². The molecule has 1 aliphatic heterocycles. The maximum atomic E-state index is 12.1. The second kappa shape index (κ2) is 9.01. The van der Waals surface area contributed by atoms with Crippen LogP contribution in [0, 0.1) is 12.3 Å². The fourth-order valence-corrected chi connectivity index (χ4v) is 3.78. The Morgan fingerprint density at radius 3 is 2.38 bits per heavy atom. The number of carbonyl (C=O) groups excluding carboxylic acids is 4. The molecular formula is C21H17N3O7S. The van der Waals surface area contributed by atoms with E-state index in [1.165, 1.54) is 49.5 Å². The number of sulfonamides is 1. The number of rotatable bonds is 7. The first-order valence-electron chi connectivity index (χ1n) is 9.10. The maximum Gasteiger partial charge on any atom is 0.338 e. The van der Waals surface area contributed by atoms with Crippen molar-refractivity contribution in [2.24, 2.45) is 0 Å². The Balaban J connectivity index is 1.58. The van der Waals surface area contributed by atoms with Crippen molar-refractivity contribution in [1.82, 2.24) is 9.62 Å². The molecule has 0 saturated carbocycles. The molecule has 0 aliphatic carbocycles. The standard InChI is InChI=1S/C21H17N3O7S/c1-3-10-22-32(29,30)15-7-4-13(5-8-15)21(28)31-12-18(25)23-14-6-9-16-17(11-14)20(27)24(2)19(16)26/h1,4-9,11,22H,10,12H2,2H3,(H,23,25). The number of ether oxygens (including phenoxy) is 1. The van der Waals surface area contributed by atoms with Gasteiger partial charge in [0, 0.05) is 12.7 Å². The van der Waals surface area contributed by atoms with Crippen molar-refractivity contribution in [3.05, 3.63) is 59.2 Å². The molecule has 164 valence electrons. The summed E-state index contributed by atoms with van der Waals surface area (Å²) in [6.07, 6.45) is 5.02. The molecule has 1 heterocycles. The summed E-state index contributed by atoms with van der Waals surface area (Å²) in [5.74, 6) is -0.259. The average molecular weight is 455 g/mol. The highest BCUT2D eigenvalue weighted by Crippen LogP contribution is 2.24. The van der Waals surface area contributed by atoms with Crippen LogP contribution in [0.3, 0.4) is 0 Å². The predicted molar refractivity (Wildman–Crippen MR) is 112 cm³/mol. The van der Waals surface area contributed by atoms with E-state index in [0.29, 0.717) is 0 Å². The minimum Gasteiger partial charge on any atom is -0.452 e. The summed E-state index contributed by atoms with van der Waals surface area (Å²) in [5.41, 5.74) is 0.703. The van der Waals surface area contributed by atoms with E-state index in [0.717, 1.165) is 4.90 Å². The van der Waals surface area contributed by atoms with Gasteiger partial charge in [0.05, 0.1) is 28.1 Å². The number of amides is 3. The molecule has 3 rings (SSSR count). The highest BCUT2D eigenvalue weighted by atomic mass is 32.2. The molecule has 2 aromatic carbocycles. The van der Waals surface area contributed by atoms with E-state index in [4.69, 9.17) is 11.2 Å². The van der Waals surface area contributed by atoms with Gasteiger partial charge in [-0.2, -0.15) is 4.72 Å². The van der Waals surface area contributed by atoms with Gasteiger partial charge in [0.25, 0.3) is 17.7 Å². The summed E-state index contributed by atoms with van der Waals surface area (Å²) >= 11 is 0. The van der Waals surface area contributed by atoms with Crippen LogP contribution in [0.2, 0.25) is 0 Å². The number of nitrogens with zero attached hydrogens (tertiary/aromatic N) is 1. The van der Waals surface area contributed by atoms with Crippen LogP contribution in [0.4, 0.5) is 5.69 Å². The Morgan fingerprint density at radius 2 is 1.72 bits per heavy atom. The monoisotopic (exact) mass is 455 g/mol. The molecule has 3 amide bonds. The number of hydrogen-bond acceptors (Lipinski definition) is 7. The zero-order valence-electron chi connectivity index (χ0n) is 16.7. The van der Waals surface area contributed by atoms with Crippen molar-refractivity contribution in [1.29, 1.82) is 0 Å². The molecule has 32 heavy (non-hydrogen) atoms. The maximum absolute atomic E-state index is 12.1. The van der Waals surface area contributed by atoms with E-state index < -0.39 is 40.3 Å². The van der Waals surface area contributed by atoms with Gasteiger partial charge in [-0.25, -0.2) is 13.2 Å². The van der Waals surface area contributed by atoms with Gasteiger partial charge in [-0.05, 0) is 42.5 Å². The van der Waals surface area contributed by atoms with Gasteiger partial charge >= 0.3 is 5.97 Å². The van der Waals surface area contributed by atoms with Crippen LogP contribution in [0.25, 0.3) is 0 Å². The zero-order chi connectivity index (χ0) is 23.5. The molecule has 0 unspecified atom stereocenters. The molecule has 2 N–H and O–H groups in total. The van der Waals surface area contributed by atoms with Gasteiger partial charge < -0.3 is 10.1 Å². The molecule has 11 heteroatoms. The minimum atomic E-state index is -3.80. The molecule has 0 bridgehead atoms. The third kappa shape index (κ3) is 4.66. The van der Waals surface area contributed by atoms with Gasteiger partial charge in [0.15, 0.2) is 6.61 Å². The topological polar surface area (TPSA) is 139 Å². The van der Waals surface area contributed by atoms with E-state index in [1.807, 2.05) is 0 Å². The van der Waals surface area contributed by atoms with Crippen molar-refractivity contribution in [3.63, 3.8) is 0 Å². The van der Waals surface area contributed by atoms with Crippen molar-refractivity contribution in [2.45, 2.75) is 4.90 Å². The third-order valence-electron chi connectivity index (χ3n) is 4.47. The SMILES string of the molecule is C#CCNS(=O)(=O)c1ccc(C(=O)OCC(=O)Nc2ccc3c(c2)C(=O)N(C)C3=O)cc1. The lowest BCUT2D eigenvalue weighted by Crippen LogP contribution is -2.24. The molecule has 0 aromatic heterocycles. The van der Waals surface area contributed by atoms with Crippen molar-refractivity contribution >= 4 is 39.4 Å². The first-order chi connectivity index (χ1) is 15.1. The van der Waals surface area contributed by atoms with Crippen LogP contribution in [-0.2, 0) is 19.6 Å². The van der Waals surface area contributed by atoms with E-state index in [2.05, 4.69) is 16.0 Å². The molecule has 0 saturated heterocycles. The molecule has 0 spiro atoms. The number of carbonyl (C=O) groups is 4. The van der Waals surface area contributed by atoms with Crippen molar-refractivity contribution < 1.29 is 32.3 Å². The van der Waals surface area contributed by atoms with Gasteiger partial charge in [-0.1, -0.05) is 5.92 Å². The number of imide groups is 1. The Hall–Kier alpha value is -4.01. The number of fused-ring (bicyclic) bond motifs is 1. The average Bonchev–Trinajstić information content (AvgIpc) is 3.00. The van der Waals surface area contributed by atoms with Crippen LogP contribution in [-0.4, -0.2) is 57.2 Å². The zero-order valence-corrected chi connectivity index (χ0v) is 17.6. The lowest BCUT2D eigenvalue weighted by atomic mass is 10.1. The number of terminal acetylenes is 1. The third-order valence-corrected chi connectivity index (χ3v) is 5.89. The quantitative estimate of drug-likeness (QED) is 0.354. The fraction of sp³-hybridized carbons (Fsp3) is 0.143. The summed E-state index contributed by atoms with van der Waals surface area (Å²) in [7, 11) is -2.44. The Labute approximate surface area is 183 Å². The lowest BCUT2D eigenvalue weighted by molar-refractivity contribution is -0.119. The van der Waals surface area contributed by atoms with Crippen LogP contribution >= 0.6 is 0 Å². The van der Waals surface area contributed by atoms with Crippen LogP contribution in [0.5, 0.6) is 0 Å². The fourth-order valence-electron chi connectivity index (χ4n) is 2.84. The normalized spacial score (nSPS) is 12.8. The van der Waals surface area contributed by atoms with E-state index in [-0.39, 0.29) is 33.8 Å². The summed E-state index contributed by atoms with van der Waals surface area (Å²) in [5, 5.41) is 2.48. The summed E-state index contributed by atoms with van der Waals surface area (Å²) in [6, 6.07) is 9.14. The van der Waals surface area contributed by atoms with Gasteiger partial charge in [-0.15, -0.1) is 6.42 Å². The highest BCUT2D eigenvalue weighted by Gasteiger charge is 2.32. The van der Waals surface area contributed by atoms with Gasteiger partial charge in [0.1, 0.15) is 0 Å². The number of hydrogen-bond donors (Lipinski definition) is 2. The molecule has 0 fully saturated rings. The van der Waals surface area contributed by atoms with E-state index in [1.54, 1.807) is 0 Å². The minimum absolute atomic E-state index is 0.0402. The number of esters is 1. The Kier molecular flexibility index (Phi) is 6.38. The molecule has 0 atom stereocenters. The van der Waals surface area contributed by atoms with E-state index in [9.17, 15) is 27.6 Å². The highest BCUT2D eigenvalue weighted by molar-refractivity contribution is 7.89. The molecule has 10 nitrogen and oxygen atoms in total. The Bertz CT molecular complexity index is 1260. The first-order valence-corrected chi connectivity index (χ1v) is 10.6.